The van der Waals surface area contributed by atoms with Crippen LogP contribution in [-0.4, -0.2) is 46.1 Å². The number of hydrogen-bond donors (Lipinski definition) is 0. The van der Waals surface area contributed by atoms with Crippen molar-refractivity contribution >= 4 is 11.8 Å². The fourth-order valence-electron chi connectivity index (χ4n) is 1.98. The van der Waals surface area contributed by atoms with Gasteiger partial charge in [-0.05, 0) is 6.07 Å². The van der Waals surface area contributed by atoms with Crippen molar-refractivity contribution in [3.63, 3.8) is 0 Å². The van der Waals surface area contributed by atoms with E-state index in [-0.39, 0.29) is 0 Å². The van der Waals surface area contributed by atoms with Crippen LogP contribution in [0, 0.1) is 0 Å². The molecule has 0 aromatic carbocycles. The Bertz CT molecular complexity index is 496. The average molecular weight is 242 g/mol. The van der Waals surface area contributed by atoms with E-state index < -0.39 is 0 Å². The normalized spacial score (nSPS) is 15.3. The van der Waals surface area contributed by atoms with Gasteiger partial charge in [-0.1, -0.05) is 0 Å². The molecule has 0 radical (unpaired) electrons. The Balaban J connectivity index is 1.63. The third-order valence-electron chi connectivity index (χ3n) is 3.15. The molecule has 6 nitrogen and oxygen atoms in total. The van der Waals surface area contributed by atoms with E-state index in [0.29, 0.717) is 6.04 Å². The van der Waals surface area contributed by atoms with Crippen LogP contribution in [0.1, 0.15) is 0 Å². The van der Waals surface area contributed by atoms with Gasteiger partial charge in [0.2, 0.25) is 5.95 Å². The monoisotopic (exact) mass is 242 g/mol. The highest BCUT2D eigenvalue weighted by Crippen LogP contribution is 2.21. The molecule has 0 saturated carbocycles. The Hall–Kier alpha value is -2.24. The standard InChI is InChI=1S/C12H14N6/c1-17(12-15-3-2-4-16-12)10-8-18(9-10)11-7-13-5-6-14-11/h2-7,10H,8-9H2,1H3. The van der Waals surface area contributed by atoms with Crippen molar-refractivity contribution in [1.82, 2.24) is 19.9 Å². The van der Waals surface area contributed by atoms with Crippen molar-refractivity contribution < 1.29 is 0 Å². The smallest absolute Gasteiger partial charge is 0.225 e. The van der Waals surface area contributed by atoms with Crippen LogP contribution in [0.25, 0.3) is 0 Å². The summed E-state index contributed by atoms with van der Waals surface area (Å²) in [6.07, 6.45) is 8.71. The predicted molar refractivity (Wildman–Crippen MR) is 68.5 cm³/mol. The number of rotatable bonds is 3. The van der Waals surface area contributed by atoms with Crippen LogP contribution >= 0.6 is 0 Å². The molecule has 6 heteroatoms. The Labute approximate surface area is 105 Å². The molecule has 3 heterocycles. The molecular formula is C12H14N6. The molecular weight excluding hydrogens is 228 g/mol. The lowest BCUT2D eigenvalue weighted by molar-refractivity contribution is 0.486. The zero-order valence-electron chi connectivity index (χ0n) is 10.1. The van der Waals surface area contributed by atoms with Crippen LogP contribution < -0.4 is 9.80 Å². The molecule has 92 valence electrons. The van der Waals surface area contributed by atoms with Crippen LogP contribution in [-0.2, 0) is 0 Å². The molecule has 0 spiro atoms. The highest BCUT2D eigenvalue weighted by atomic mass is 15.4. The van der Waals surface area contributed by atoms with Crippen molar-refractivity contribution in [1.29, 1.82) is 0 Å². The topological polar surface area (TPSA) is 58.0 Å². The summed E-state index contributed by atoms with van der Waals surface area (Å²) in [6, 6.07) is 2.25. The molecule has 0 bridgehead atoms. The molecule has 0 atom stereocenters. The second-order valence-electron chi connectivity index (χ2n) is 4.28. The lowest BCUT2D eigenvalue weighted by atomic mass is 10.1. The summed E-state index contributed by atoms with van der Waals surface area (Å²) in [4.78, 5) is 21.1. The van der Waals surface area contributed by atoms with Crippen molar-refractivity contribution in [2.45, 2.75) is 6.04 Å². The summed E-state index contributed by atoms with van der Waals surface area (Å²) in [5, 5.41) is 0. The minimum absolute atomic E-state index is 0.425. The molecule has 1 saturated heterocycles. The van der Waals surface area contributed by atoms with Gasteiger partial charge in [-0.25, -0.2) is 15.0 Å². The first kappa shape index (κ1) is 10.9. The summed E-state index contributed by atoms with van der Waals surface area (Å²) in [5.41, 5.74) is 0. The molecule has 2 aromatic rings. The van der Waals surface area contributed by atoms with Crippen LogP contribution in [0.15, 0.2) is 37.1 Å². The third-order valence-corrected chi connectivity index (χ3v) is 3.15. The van der Waals surface area contributed by atoms with Gasteiger partial charge in [0.15, 0.2) is 0 Å². The second kappa shape index (κ2) is 4.56. The third kappa shape index (κ3) is 1.97. The number of hydrogen-bond acceptors (Lipinski definition) is 6. The minimum Gasteiger partial charge on any atom is -0.351 e. The fraction of sp³-hybridized carbons (Fsp3) is 0.333. The van der Waals surface area contributed by atoms with E-state index in [2.05, 4.69) is 29.7 Å². The van der Waals surface area contributed by atoms with Gasteiger partial charge >= 0.3 is 0 Å². The summed E-state index contributed by atoms with van der Waals surface area (Å²) < 4.78 is 0. The molecule has 0 N–H and O–H groups in total. The maximum absolute atomic E-state index is 4.28. The van der Waals surface area contributed by atoms with E-state index in [1.807, 2.05) is 13.1 Å². The van der Waals surface area contributed by atoms with Gasteiger partial charge < -0.3 is 9.80 Å². The summed E-state index contributed by atoms with van der Waals surface area (Å²) in [7, 11) is 2.02. The summed E-state index contributed by atoms with van der Waals surface area (Å²) in [6.45, 7) is 1.85. The first-order valence-electron chi connectivity index (χ1n) is 5.85. The van der Waals surface area contributed by atoms with Gasteiger partial charge in [-0.2, -0.15) is 0 Å². The van der Waals surface area contributed by atoms with Crippen molar-refractivity contribution in [3.05, 3.63) is 37.1 Å². The van der Waals surface area contributed by atoms with Gasteiger partial charge in [-0.3, -0.25) is 4.98 Å². The lowest BCUT2D eigenvalue weighted by Gasteiger charge is -2.44. The van der Waals surface area contributed by atoms with Gasteiger partial charge in [0.1, 0.15) is 5.82 Å². The highest BCUT2D eigenvalue weighted by Gasteiger charge is 2.31. The Kier molecular flexibility index (Phi) is 2.76. The molecule has 3 rings (SSSR count). The van der Waals surface area contributed by atoms with E-state index in [0.717, 1.165) is 24.9 Å². The van der Waals surface area contributed by atoms with Crippen LogP contribution in [0.2, 0.25) is 0 Å². The Morgan fingerprint density at radius 2 is 1.89 bits per heavy atom. The number of aromatic nitrogens is 4. The maximum atomic E-state index is 4.28. The number of likely N-dealkylation sites (N-methyl/N-ethyl adjacent to an activating group) is 1. The molecule has 18 heavy (non-hydrogen) atoms. The second-order valence-corrected chi connectivity index (χ2v) is 4.28. The average Bonchev–Trinajstić information content (AvgIpc) is 2.39. The minimum atomic E-state index is 0.425. The predicted octanol–water partition coefficient (Wildman–Crippen LogP) is 0.592. The molecule has 1 fully saturated rings. The van der Waals surface area contributed by atoms with Crippen molar-refractivity contribution in [3.8, 4) is 0 Å². The Morgan fingerprint density at radius 1 is 1.11 bits per heavy atom. The summed E-state index contributed by atoms with van der Waals surface area (Å²) >= 11 is 0. The first-order chi connectivity index (χ1) is 8.84. The van der Waals surface area contributed by atoms with Gasteiger partial charge in [0.05, 0.1) is 12.2 Å². The largest absolute Gasteiger partial charge is 0.351 e. The zero-order valence-corrected chi connectivity index (χ0v) is 10.1. The number of anilines is 2. The lowest BCUT2D eigenvalue weighted by Crippen LogP contribution is -2.59. The van der Waals surface area contributed by atoms with E-state index >= 15 is 0 Å². The van der Waals surface area contributed by atoms with Crippen LogP contribution in [0.3, 0.4) is 0 Å². The van der Waals surface area contributed by atoms with Crippen molar-refractivity contribution in [2.24, 2.45) is 0 Å². The molecule has 0 amide bonds. The molecule has 2 aromatic heterocycles. The van der Waals surface area contributed by atoms with Gasteiger partial charge in [-0.15, -0.1) is 0 Å². The van der Waals surface area contributed by atoms with Crippen LogP contribution in [0.5, 0.6) is 0 Å². The summed E-state index contributed by atoms with van der Waals surface area (Å²) in [5.74, 6) is 1.69. The van der Waals surface area contributed by atoms with Gasteiger partial charge in [0, 0.05) is 44.9 Å². The highest BCUT2D eigenvalue weighted by molar-refractivity contribution is 5.44. The first-order valence-corrected chi connectivity index (χ1v) is 5.85. The molecule has 1 aliphatic heterocycles. The molecule has 1 aliphatic rings. The zero-order chi connectivity index (χ0) is 12.4. The maximum Gasteiger partial charge on any atom is 0.225 e. The quantitative estimate of drug-likeness (QED) is 0.785. The molecule has 0 unspecified atom stereocenters. The van der Waals surface area contributed by atoms with E-state index in [4.69, 9.17) is 0 Å². The van der Waals surface area contributed by atoms with E-state index in [9.17, 15) is 0 Å². The molecule has 0 aliphatic carbocycles. The van der Waals surface area contributed by atoms with Gasteiger partial charge in [0.25, 0.3) is 0 Å². The van der Waals surface area contributed by atoms with E-state index in [1.54, 1.807) is 31.0 Å². The van der Waals surface area contributed by atoms with Crippen molar-refractivity contribution in [2.75, 3.05) is 29.9 Å². The fourth-order valence-corrected chi connectivity index (χ4v) is 1.98. The SMILES string of the molecule is CN(c1ncccn1)C1CN(c2cnccn2)C1. The van der Waals surface area contributed by atoms with E-state index in [1.165, 1.54) is 0 Å². The van der Waals surface area contributed by atoms with Crippen LogP contribution in [0.4, 0.5) is 11.8 Å². The Morgan fingerprint density at radius 3 is 2.56 bits per heavy atom. The number of nitrogens with zero attached hydrogens (tertiary/aromatic N) is 6.